The van der Waals surface area contributed by atoms with E-state index in [2.05, 4.69) is 32.9 Å². The SMILES string of the molecule is C=CCn1ncc(NCCC(O)COC)c(Br)c1=O. The van der Waals surface area contributed by atoms with Gasteiger partial charge in [0.05, 0.1) is 31.1 Å². The number of aromatic nitrogens is 2. The van der Waals surface area contributed by atoms with Crippen LogP contribution in [0.4, 0.5) is 5.69 Å². The van der Waals surface area contributed by atoms with Crippen molar-refractivity contribution in [2.45, 2.75) is 19.1 Å². The highest BCUT2D eigenvalue weighted by molar-refractivity contribution is 9.10. The monoisotopic (exact) mass is 331 g/mol. The molecule has 1 atom stereocenters. The van der Waals surface area contributed by atoms with E-state index >= 15 is 0 Å². The van der Waals surface area contributed by atoms with Gasteiger partial charge in [-0.2, -0.15) is 5.10 Å². The number of halogens is 1. The minimum absolute atomic E-state index is 0.220. The molecule has 1 aromatic heterocycles. The van der Waals surface area contributed by atoms with Gasteiger partial charge >= 0.3 is 0 Å². The number of methoxy groups -OCH3 is 1. The Bertz CT molecular complexity index is 476. The minimum Gasteiger partial charge on any atom is -0.391 e. The van der Waals surface area contributed by atoms with Crippen LogP contribution in [0.1, 0.15) is 6.42 Å². The van der Waals surface area contributed by atoms with Crippen molar-refractivity contribution in [3.63, 3.8) is 0 Å². The normalized spacial score (nSPS) is 12.2. The molecule has 1 unspecified atom stereocenters. The van der Waals surface area contributed by atoms with Gasteiger partial charge in [-0.3, -0.25) is 4.79 Å². The lowest BCUT2D eigenvalue weighted by Crippen LogP contribution is -2.25. The number of ether oxygens (including phenoxy) is 1. The van der Waals surface area contributed by atoms with Gasteiger partial charge in [0.2, 0.25) is 0 Å². The van der Waals surface area contributed by atoms with Gasteiger partial charge in [0.15, 0.2) is 0 Å². The summed E-state index contributed by atoms with van der Waals surface area (Å²) in [7, 11) is 1.54. The number of rotatable bonds is 8. The molecule has 1 heterocycles. The van der Waals surface area contributed by atoms with Crippen molar-refractivity contribution in [3.8, 4) is 0 Å². The maximum atomic E-state index is 11.9. The van der Waals surface area contributed by atoms with Crippen molar-refractivity contribution in [2.75, 3.05) is 25.6 Å². The first-order valence-corrected chi connectivity index (χ1v) is 6.66. The number of nitrogens with one attached hydrogen (secondary N) is 1. The average molecular weight is 332 g/mol. The van der Waals surface area contributed by atoms with Gasteiger partial charge in [-0.05, 0) is 22.4 Å². The Morgan fingerprint density at radius 1 is 1.74 bits per heavy atom. The summed E-state index contributed by atoms with van der Waals surface area (Å²) in [6.45, 7) is 4.75. The summed E-state index contributed by atoms with van der Waals surface area (Å²) in [5.41, 5.74) is 0.386. The molecule has 0 aliphatic carbocycles. The molecule has 0 spiro atoms. The Balaban J connectivity index is 2.62. The lowest BCUT2D eigenvalue weighted by Gasteiger charge is -2.12. The van der Waals surface area contributed by atoms with Crippen molar-refractivity contribution in [1.82, 2.24) is 9.78 Å². The van der Waals surface area contributed by atoms with E-state index in [9.17, 15) is 9.90 Å². The molecule has 1 rings (SSSR count). The Kier molecular flexibility index (Phi) is 6.75. The number of hydrogen-bond donors (Lipinski definition) is 2. The van der Waals surface area contributed by atoms with Crippen LogP contribution in [0.3, 0.4) is 0 Å². The smallest absolute Gasteiger partial charge is 0.283 e. The van der Waals surface area contributed by atoms with Crippen LogP contribution in [0.2, 0.25) is 0 Å². The number of allylic oxidation sites excluding steroid dienone is 1. The standard InChI is InChI=1S/C12H18BrN3O3/c1-3-6-16-12(18)11(13)10(7-15-16)14-5-4-9(17)8-19-2/h3,7,9,14,17H,1,4-6,8H2,2H3. The molecule has 106 valence electrons. The zero-order valence-electron chi connectivity index (χ0n) is 10.8. The lowest BCUT2D eigenvalue weighted by atomic mass is 10.2. The molecule has 1 aromatic rings. The highest BCUT2D eigenvalue weighted by atomic mass is 79.9. The van der Waals surface area contributed by atoms with E-state index in [1.54, 1.807) is 12.3 Å². The maximum Gasteiger partial charge on any atom is 0.283 e. The third-order valence-corrected chi connectivity index (χ3v) is 3.21. The fourth-order valence-corrected chi connectivity index (χ4v) is 1.94. The first-order chi connectivity index (χ1) is 9.10. The maximum absolute atomic E-state index is 11.9. The van der Waals surface area contributed by atoms with E-state index < -0.39 is 6.10 Å². The topological polar surface area (TPSA) is 76.4 Å². The summed E-state index contributed by atoms with van der Waals surface area (Å²) in [4.78, 5) is 11.9. The largest absolute Gasteiger partial charge is 0.391 e. The van der Waals surface area contributed by atoms with Crippen LogP contribution in [0.5, 0.6) is 0 Å². The molecular weight excluding hydrogens is 314 g/mol. The second-order valence-electron chi connectivity index (χ2n) is 3.97. The molecule has 0 amide bonds. The molecule has 19 heavy (non-hydrogen) atoms. The summed E-state index contributed by atoms with van der Waals surface area (Å²) in [5, 5.41) is 16.6. The van der Waals surface area contributed by atoms with Crippen LogP contribution in [0, 0.1) is 0 Å². The summed E-state index contributed by atoms with van der Waals surface area (Å²) >= 11 is 3.24. The van der Waals surface area contributed by atoms with Crippen LogP contribution in [-0.2, 0) is 11.3 Å². The predicted molar refractivity (Wildman–Crippen MR) is 77.4 cm³/mol. The van der Waals surface area contributed by atoms with Crippen LogP contribution < -0.4 is 10.9 Å². The van der Waals surface area contributed by atoms with E-state index in [1.165, 1.54) is 11.8 Å². The number of hydrogen-bond acceptors (Lipinski definition) is 5. The van der Waals surface area contributed by atoms with Crippen molar-refractivity contribution in [3.05, 3.63) is 33.7 Å². The van der Waals surface area contributed by atoms with E-state index in [1.807, 2.05) is 0 Å². The molecule has 0 bridgehead atoms. The first-order valence-electron chi connectivity index (χ1n) is 5.87. The zero-order valence-corrected chi connectivity index (χ0v) is 12.4. The van der Waals surface area contributed by atoms with Gasteiger partial charge < -0.3 is 15.2 Å². The number of anilines is 1. The molecule has 0 aromatic carbocycles. The van der Waals surface area contributed by atoms with Crippen molar-refractivity contribution >= 4 is 21.6 Å². The van der Waals surface area contributed by atoms with Crippen molar-refractivity contribution < 1.29 is 9.84 Å². The molecule has 0 radical (unpaired) electrons. The summed E-state index contributed by atoms with van der Waals surface area (Å²) in [5.74, 6) is 0. The average Bonchev–Trinajstić information content (AvgIpc) is 2.38. The van der Waals surface area contributed by atoms with E-state index in [-0.39, 0.29) is 5.56 Å². The van der Waals surface area contributed by atoms with Gasteiger partial charge in [-0.15, -0.1) is 6.58 Å². The third-order valence-electron chi connectivity index (χ3n) is 2.44. The molecule has 2 N–H and O–H groups in total. The second-order valence-corrected chi connectivity index (χ2v) is 4.77. The minimum atomic E-state index is -0.523. The molecule has 7 heteroatoms. The molecule has 0 aliphatic rings. The third kappa shape index (κ3) is 4.77. The van der Waals surface area contributed by atoms with Gasteiger partial charge in [0.25, 0.3) is 5.56 Å². The summed E-state index contributed by atoms with van der Waals surface area (Å²) < 4.78 is 6.56. The molecule has 0 aliphatic heterocycles. The van der Waals surface area contributed by atoms with Crippen LogP contribution in [0.25, 0.3) is 0 Å². The lowest BCUT2D eigenvalue weighted by molar-refractivity contribution is 0.0615. The van der Waals surface area contributed by atoms with Crippen molar-refractivity contribution in [1.29, 1.82) is 0 Å². The Morgan fingerprint density at radius 3 is 3.11 bits per heavy atom. The Labute approximate surface area is 120 Å². The van der Waals surface area contributed by atoms with Crippen LogP contribution >= 0.6 is 15.9 Å². The molecule has 0 saturated heterocycles. The van der Waals surface area contributed by atoms with Gasteiger partial charge in [0, 0.05) is 13.7 Å². The predicted octanol–water partition coefficient (Wildman–Crippen LogP) is 1.00. The summed E-state index contributed by atoms with van der Waals surface area (Å²) in [6, 6.07) is 0. The van der Waals surface area contributed by atoms with Crippen molar-refractivity contribution in [2.24, 2.45) is 0 Å². The quantitative estimate of drug-likeness (QED) is 0.695. The molecule has 6 nitrogen and oxygen atoms in total. The highest BCUT2D eigenvalue weighted by Crippen LogP contribution is 2.16. The fourth-order valence-electron chi connectivity index (χ4n) is 1.49. The Hall–Kier alpha value is -1.18. The first kappa shape index (κ1) is 15.9. The van der Waals surface area contributed by atoms with Crippen LogP contribution in [-0.4, -0.2) is 41.3 Å². The van der Waals surface area contributed by atoms with Gasteiger partial charge in [0.1, 0.15) is 4.47 Å². The van der Waals surface area contributed by atoms with Gasteiger partial charge in [-0.25, -0.2) is 4.68 Å². The fraction of sp³-hybridized carbons (Fsp3) is 0.500. The molecular formula is C12H18BrN3O3. The van der Waals surface area contributed by atoms with Gasteiger partial charge in [-0.1, -0.05) is 6.08 Å². The van der Waals surface area contributed by atoms with E-state index in [0.29, 0.717) is 36.3 Å². The zero-order chi connectivity index (χ0) is 14.3. The number of nitrogens with zero attached hydrogens (tertiary/aromatic N) is 2. The second kappa shape index (κ2) is 8.08. The van der Waals surface area contributed by atoms with E-state index in [0.717, 1.165) is 0 Å². The number of aliphatic hydroxyl groups excluding tert-OH is 1. The van der Waals surface area contributed by atoms with E-state index in [4.69, 9.17) is 4.74 Å². The molecule has 0 fully saturated rings. The van der Waals surface area contributed by atoms with Crippen LogP contribution in [0.15, 0.2) is 28.1 Å². The summed E-state index contributed by atoms with van der Waals surface area (Å²) in [6.07, 6.45) is 3.17. The number of aliphatic hydroxyl groups is 1. The highest BCUT2D eigenvalue weighted by Gasteiger charge is 2.08. The molecule has 0 saturated carbocycles. The Morgan fingerprint density at radius 2 is 2.47 bits per heavy atom.